The van der Waals surface area contributed by atoms with Crippen molar-refractivity contribution in [3.63, 3.8) is 0 Å². The number of aryl methyl sites for hydroxylation is 1. The standard InChI is InChI=1S/C13H18N4O2S2/c1-9-12(8-14-10-4-5-10)13(17-16-9)21(18,19)15-7-11-3-2-6-20-11/h2-3,6,10,14-15H,4-5,7-8H2,1H3,(H,16,17). The highest BCUT2D eigenvalue weighted by Gasteiger charge is 2.26. The Morgan fingerprint density at radius 3 is 2.90 bits per heavy atom. The molecule has 0 aliphatic heterocycles. The molecule has 6 nitrogen and oxygen atoms in total. The van der Waals surface area contributed by atoms with Crippen molar-refractivity contribution in [2.24, 2.45) is 0 Å². The van der Waals surface area contributed by atoms with Crippen molar-refractivity contribution in [3.8, 4) is 0 Å². The smallest absolute Gasteiger partial charge is 0.260 e. The molecule has 0 aromatic carbocycles. The van der Waals surface area contributed by atoms with Crippen molar-refractivity contribution in [1.82, 2.24) is 20.2 Å². The molecule has 21 heavy (non-hydrogen) atoms. The van der Waals surface area contributed by atoms with Crippen LogP contribution in [-0.4, -0.2) is 24.7 Å². The molecular weight excluding hydrogens is 308 g/mol. The van der Waals surface area contributed by atoms with Gasteiger partial charge in [0.05, 0.1) is 0 Å². The topological polar surface area (TPSA) is 86.9 Å². The van der Waals surface area contributed by atoms with E-state index in [0.717, 1.165) is 29.0 Å². The third-order valence-electron chi connectivity index (χ3n) is 3.45. The Morgan fingerprint density at radius 1 is 1.43 bits per heavy atom. The third kappa shape index (κ3) is 3.52. The SMILES string of the molecule is Cc1[nH]nc(S(=O)(=O)NCc2cccs2)c1CNC1CC1. The highest BCUT2D eigenvalue weighted by Crippen LogP contribution is 2.22. The highest BCUT2D eigenvalue weighted by atomic mass is 32.2. The van der Waals surface area contributed by atoms with E-state index in [1.54, 1.807) is 0 Å². The van der Waals surface area contributed by atoms with Crippen LogP contribution in [0.5, 0.6) is 0 Å². The average Bonchev–Trinajstić information content (AvgIpc) is 2.98. The van der Waals surface area contributed by atoms with Gasteiger partial charge in [0.25, 0.3) is 10.0 Å². The Morgan fingerprint density at radius 2 is 2.24 bits per heavy atom. The lowest BCUT2D eigenvalue weighted by Gasteiger charge is -2.07. The normalized spacial score (nSPS) is 15.5. The quantitative estimate of drug-likeness (QED) is 0.720. The lowest BCUT2D eigenvalue weighted by Crippen LogP contribution is -2.25. The summed E-state index contributed by atoms with van der Waals surface area (Å²) in [5.74, 6) is 0. The maximum atomic E-state index is 12.4. The van der Waals surface area contributed by atoms with Crippen molar-refractivity contribution in [2.75, 3.05) is 0 Å². The molecule has 2 aromatic rings. The van der Waals surface area contributed by atoms with Gasteiger partial charge in [-0.3, -0.25) is 5.10 Å². The van der Waals surface area contributed by atoms with Crippen LogP contribution in [0, 0.1) is 6.92 Å². The zero-order valence-corrected chi connectivity index (χ0v) is 13.4. The summed E-state index contributed by atoms with van der Waals surface area (Å²) in [7, 11) is -3.60. The van der Waals surface area contributed by atoms with Crippen LogP contribution in [0.2, 0.25) is 0 Å². The number of thiophene rings is 1. The molecule has 114 valence electrons. The first-order chi connectivity index (χ1) is 10.1. The van der Waals surface area contributed by atoms with Gasteiger partial charge in [-0.05, 0) is 31.2 Å². The van der Waals surface area contributed by atoms with Gasteiger partial charge in [0.1, 0.15) is 0 Å². The summed E-state index contributed by atoms with van der Waals surface area (Å²) in [6.07, 6.45) is 2.32. The summed E-state index contributed by atoms with van der Waals surface area (Å²) in [4.78, 5) is 0.975. The molecule has 1 aliphatic rings. The van der Waals surface area contributed by atoms with Crippen molar-refractivity contribution in [3.05, 3.63) is 33.6 Å². The van der Waals surface area contributed by atoms with Gasteiger partial charge in [-0.1, -0.05) is 6.07 Å². The van der Waals surface area contributed by atoms with E-state index < -0.39 is 10.0 Å². The fourth-order valence-corrected chi connectivity index (χ4v) is 3.98. The number of H-pyrrole nitrogens is 1. The lowest BCUT2D eigenvalue weighted by molar-refractivity contribution is 0.574. The molecule has 0 atom stereocenters. The first-order valence-corrected chi connectivity index (χ1v) is 9.22. The number of nitrogens with zero attached hydrogens (tertiary/aromatic N) is 1. The van der Waals surface area contributed by atoms with E-state index in [1.165, 1.54) is 11.3 Å². The van der Waals surface area contributed by atoms with Gasteiger partial charge in [-0.25, -0.2) is 13.1 Å². The molecule has 2 heterocycles. The Bertz CT molecular complexity index is 703. The largest absolute Gasteiger partial charge is 0.310 e. The zero-order chi connectivity index (χ0) is 14.9. The van der Waals surface area contributed by atoms with Crippen LogP contribution < -0.4 is 10.0 Å². The van der Waals surface area contributed by atoms with Crippen LogP contribution in [0.4, 0.5) is 0 Å². The molecule has 0 unspecified atom stereocenters. The molecule has 1 saturated carbocycles. The molecule has 2 aromatic heterocycles. The number of aromatic amines is 1. The van der Waals surface area contributed by atoms with Gasteiger partial charge in [-0.15, -0.1) is 11.3 Å². The molecule has 1 aliphatic carbocycles. The summed E-state index contributed by atoms with van der Waals surface area (Å²) >= 11 is 1.52. The van der Waals surface area contributed by atoms with Gasteiger partial charge in [-0.2, -0.15) is 5.10 Å². The fraction of sp³-hybridized carbons (Fsp3) is 0.462. The summed E-state index contributed by atoms with van der Waals surface area (Å²) in [5, 5.41) is 12.1. The molecule has 3 N–H and O–H groups in total. The highest BCUT2D eigenvalue weighted by molar-refractivity contribution is 7.89. The van der Waals surface area contributed by atoms with E-state index in [0.29, 0.717) is 19.1 Å². The number of hydrogen-bond acceptors (Lipinski definition) is 5. The van der Waals surface area contributed by atoms with E-state index >= 15 is 0 Å². The van der Waals surface area contributed by atoms with Gasteiger partial charge in [0.15, 0.2) is 5.03 Å². The van der Waals surface area contributed by atoms with Crippen molar-refractivity contribution in [2.45, 2.75) is 43.9 Å². The zero-order valence-electron chi connectivity index (χ0n) is 11.7. The monoisotopic (exact) mass is 326 g/mol. The van der Waals surface area contributed by atoms with E-state index in [1.807, 2.05) is 24.4 Å². The molecule has 0 spiro atoms. The van der Waals surface area contributed by atoms with Gasteiger partial charge < -0.3 is 5.32 Å². The maximum Gasteiger partial charge on any atom is 0.260 e. The Labute approximate surface area is 128 Å². The number of nitrogens with one attached hydrogen (secondary N) is 3. The minimum absolute atomic E-state index is 0.102. The van der Waals surface area contributed by atoms with Gasteiger partial charge in [0.2, 0.25) is 0 Å². The maximum absolute atomic E-state index is 12.4. The fourth-order valence-electron chi connectivity index (χ4n) is 2.04. The molecule has 0 amide bonds. The average molecular weight is 326 g/mol. The van der Waals surface area contributed by atoms with E-state index in [4.69, 9.17) is 0 Å². The second kappa shape index (κ2) is 5.88. The van der Waals surface area contributed by atoms with E-state index in [-0.39, 0.29) is 5.03 Å². The van der Waals surface area contributed by atoms with Crippen LogP contribution >= 0.6 is 11.3 Å². The summed E-state index contributed by atoms with van der Waals surface area (Å²) in [6.45, 7) is 2.67. The minimum Gasteiger partial charge on any atom is -0.310 e. The van der Waals surface area contributed by atoms with E-state index in [9.17, 15) is 8.42 Å². The summed E-state index contributed by atoms with van der Waals surface area (Å²) in [5.41, 5.74) is 1.51. The number of rotatable bonds is 7. The molecular formula is C13H18N4O2S2. The molecule has 3 rings (SSSR count). The number of sulfonamides is 1. The Kier molecular flexibility index (Phi) is 4.12. The van der Waals surface area contributed by atoms with Crippen LogP contribution in [0.1, 0.15) is 29.0 Å². The Balaban J connectivity index is 1.74. The molecule has 0 radical (unpaired) electrons. The first-order valence-electron chi connectivity index (χ1n) is 6.85. The van der Waals surface area contributed by atoms with Crippen molar-refractivity contribution < 1.29 is 8.42 Å². The molecule has 8 heteroatoms. The van der Waals surface area contributed by atoms with E-state index in [2.05, 4.69) is 20.2 Å². The predicted octanol–water partition coefficient (Wildman–Crippen LogP) is 1.51. The minimum atomic E-state index is -3.60. The summed E-state index contributed by atoms with van der Waals surface area (Å²) < 4.78 is 27.4. The number of aromatic nitrogens is 2. The second-order valence-electron chi connectivity index (χ2n) is 5.19. The molecule has 0 bridgehead atoms. The first kappa shape index (κ1) is 14.7. The third-order valence-corrected chi connectivity index (χ3v) is 5.70. The van der Waals surface area contributed by atoms with Crippen LogP contribution in [0.3, 0.4) is 0 Å². The molecule has 1 fully saturated rings. The van der Waals surface area contributed by atoms with Crippen LogP contribution in [0.15, 0.2) is 22.5 Å². The number of hydrogen-bond donors (Lipinski definition) is 3. The lowest BCUT2D eigenvalue weighted by atomic mass is 10.2. The Hall–Kier alpha value is -1.22. The predicted molar refractivity (Wildman–Crippen MR) is 81.5 cm³/mol. The van der Waals surface area contributed by atoms with Crippen molar-refractivity contribution >= 4 is 21.4 Å². The van der Waals surface area contributed by atoms with Crippen LogP contribution in [-0.2, 0) is 23.1 Å². The van der Waals surface area contributed by atoms with Gasteiger partial charge >= 0.3 is 0 Å². The molecule has 0 saturated heterocycles. The summed E-state index contributed by atoms with van der Waals surface area (Å²) in [6, 6.07) is 4.32. The van der Waals surface area contributed by atoms with Crippen molar-refractivity contribution in [1.29, 1.82) is 0 Å². The second-order valence-corrected chi connectivity index (χ2v) is 7.91. The van der Waals surface area contributed by atoms with Crippen LogP contribution in [0.25, 0.3) is 0 Å². The van der Waals surface area contributed by atoms with Gasteiger partial charge in [0, 0.05) is 35.3 Å².